The lowest BCUT2D eigenvalue weighted by Gasteiger charge is -2.14. The first-order chi connectivity index (χ1) is 11.4. The van der Waals surface area contributed by atoms with Gasteiger partial charge in [-0.05, 0) is 35.9 Å². The smallest absolute Gasteiger partial charge is 0.303 e. The average molecular weight is 367 g/mol. The molecule has 24 heavy (non-hydrogen) atoms. The van der Waals surface area contributed by atoms with Crippen LogP contribution in [0.25, 0.3) is 11.0 Å². The van der Waals surface area contributed by atoms with E-state index >= 15 is 0 Å². The molecule has 1 atom stereocenters. The molecule has 3 aromatic rings. The van der Waals surface area contributed by atoms with Gasteiger partial charge in [-0.25, -0.2) is 9.37 Å². The van der Waals surface area contributed by atoms with Crippen LogP contribution in [-0.2, 0) is 11.2 Å². The van der Waals surface area contributed by atoms with Gasteiger partial charge in [0.2, 0.25) is 0 Å². The number of fused-ring (bicyclic) bond motifs is 1. The van der Waals surface area contributed by atoms with Crippen LogP contribution < -0.4 is 0 Å². The highest BCUT2D eigenvalue weighted by Gasteiger charge is 2.19. The highest BCUT2D eigenvalue weighted by atomic mass is 35.5. The van der Waals surface area contributed by atoms with Gasteiger partial charge in [0.05, 0.1) is 22.5 Å². The minimum atomic E-state index is -0.963. The molecule has 0 spiro atoms. The second-order valence-electron chi connectivity index (χ2n) is 5.52. The molecule has 2 aromatic carbocycles. The number of imidazole rings is 1. The number of nitrogens with one attached hydrogen (secondary N) is 1. The maximum Gasteiger partial charge on any atom is 0.303 e. The normalized spacial score (nSPS) is 12.5. The van der Waals surface area contributed by atoms with E-state index in [4.69, 9.17) is 28.3 Å². The van der Waals surface area contributed by atoms with Gasteiger partial charge < -0.3 is 10.1 Å². The first kappa shape index (κ1) is 16.7. The van der Waals surface area contributed by atoms with E-state index < -0.39 is 17.7 Å². The van der Waals surface area contributed by atoms with Gasteiger partial charge >= 0.3 is 5.97 Å². The minimum Gasteiger partial charge on any atom is -0.481 e. The van der Waals surface area contributed by atoms with Gasteiger partial charge in [-0.3, -0.25) is 4.79 Å². The number of aliphatic carboxylic acids is 1. The van der Waals surface area contributed by atoms with Crippen LogP contribution in [0.15, 0.2) is 36.4 Å². The third kappa shape index (κ3) is 3.68. The highest BCUT2D eigenvalue weighted by molar-refractivity contribution is 6.31. The number of rotatable bonds is 5. The molecule has 0 saturated heterocycles. The number of H-pyrrole nitrogens is 1. The molecular weight excluding hydrogens is 354 g/mol. The fraction of sp³-hybridized carbons (Fsp3) is 0.176. The Morgan fingerprint density at radius 3 is 2.75 bits per heavy atom. The molecule has 1 aromatic heterocycles. The number of aromatic amines is 1. The molecule has 0 saturated carbocycles. The van der Waals surface area contributed by atoms with Gasteiger partial charge in [-0.2, -0.15) is 0 Å². The van der Waals surface area contributed by atoms with E-state index in [9.17, 15) is 9.18 Å². The summed E-state index contributed by atoms with van der Waals surface area (Å²) in [6.07, 6.45) is 0.193. The van der Waals surface area contributed by atoms with E-state index in [-0.39, 0.29) is 11.4 Å². The van der Waals surface area contributed by atoms with Crippen LogP contribution in [0.2, 0.25) is 10.0 Å². The van der Waals surface area contributed by atoms with Crippen LogP contribution in [0.5, 0.6) is 0 Å². The fourth-order valence-electron chi connectivity index (χ4n) is 2.65. The topological polar surface area (TPSA) is 66.0 Å². The van der Waals surface area contributed by atoms with Gasteiger partial charge in [0.1, 0.15) is 11.6 Å². The Hall–Kier alpha value is -2.11. The van der Waals surface area contributed by atoms with E-state index in [1.54, 1.807) is 24.3 Å². The second kappa shape index (κ2) is 6.79. The first-order valence-electron chi connectivity index (χ1n) is 7.23. The third-order valence-corrected chi connectivity index (χ3v) is 4.31. The summed E-state index contributed by atoms with van der Waals surface area (Å²) in [4.78, 5) is 18.7. The lowest BCUT2D eigenvalue weighted by Crippen LogP contribution is -2.10. The molecule has 0 aliphatic heterocycles. The van der Waals surface area contributed by atoms with Crippen molar-refractivity contribution < 1.29 is 14.3 Å². The van der Waals surface area contributed by atoms with E-state index in [0.717, 1.165) is 11.0 Å². The molecule has 0 amide bonds. The molecule has 1 unspecified atom stereocenters. The Balaban J connectivity index is 1.92. The number of halogens is 3. The summed E-state index contributed by atoms with van der Waals surface area (Å²) in [5, 5.41) is 9.74. The Labute approximate surface area is 147 Å². The minimum absolute atomic E-state index is 0.00574. The predicted octanol–water partition coefficient (Wildman–Crippen LogP) is 4.81. The summed E-state index contributed by atoms with van der Waals surface area (Å²) in [6.45, 7) is 0. The van der Waals surface area contributed by atoms with Crippen molar-refractivity contribution in [2.24, 2.45) is 0 Å². The molecule has 0 aliphatic rings. The molecule has 4 nitrogen and oxygen atoms in total. The van der Waals surface area contributed by atoms with Crippen molar-refractivity contribution in [1.29, 1.82) is 0 Å². The lowest BCUT2D eigenvalue weighted by molar-refractivity contribution is -0.137. The Morgan fingerprint density at radius 1 is 1.25 bits per heavy atom. The van der Waals surface area contributed by atoms with Gasteiger partial charge in [0.25, 0.3) is 0 Å². The molecule has 0 fully saturated rings. The third-order valence-electron chi connectivity index (χ3n) is 3.77. The van der Waals surface area contributed by atoms with E-state index in [2.05, 4.69) is 9.97 Å². The van der Waals surface area contributed by atoms with Gasteiger partial charge in [0.15, 0.2) is 0 Å². The van der Waals surface area contributed by atoms with E-state index in [1.165, 1.54) is 12.1 Å². The van der Waals surface area contributed by atoms with Crippen molar-refractivity contribution in [2.75, 3.05) is 0 Å². The zero-order valence-corrected chi connectivity index (χ0v) is 13.9. The quantitative estimate of drug-likeness (QED) is 0.680. The summed E-state index contributed by atoms with van der Waals surface area (Å²) >= 11 is 11.6. The zero-order chi connectivity index (χ0) is 17.3. The monoisotopic (exact) mass is 366 g/mol. The van der Waals surface area contributed by atoms with Gasteiger partial charge in [0, 0.05) is 17.4 Å². The van der Waals surface area contributed by atoms with Crippen LogP contribution in [0.1, 0.15) is 23.7 Å². The average Bonchev–Trinajstić information content (AvgIpc) is 2.90. The highest BCUT2D eigenvalue weighted by Crippen LogP contribution is 2.28. The Bertz CT molecular complexity index is 911. The molecule has 3 rings (SSSR count). The maximum absolute atomic E-state index is 13.7. The Kier molecular flexibility index (Phi) is 4.73. The standard InChI is InChI=1S/C17H13Cl2FN2O2/c18-11-2-4-14-15(8-11)22-16(21-14)6-10(7-17(23)24)9-1-3-12(19)13(20)5-9/h1-5,8,10H,6-7H2,(H,21,22)(H,23,24). The number of carboxylic acids is 1. The Morgan fingerprint density at radius 2 is 2.04 bits per heavy atom. The van der Waals surface area contributed by atoms with Crippen molar-refractivity contribution >= 4 is 40.2 Å². The van der Waals surface area contributed by atoms with Crippen molar-refractivity contribution in [3.05, 3.63) is 63.6 Å². The van der Waals surface area contributed by atoms with Crippen LogP contribution in [-0.4, -0.2) is 21.0 Å². The number of carbonyl (C=O) groups is 1. The number of benzene rings is 2. The number of nitrogens with zero attached hydrogens (tertiary/aromatic N) is 1. The summed E-state index contributed by atoms with van der Waals surface area (Å²) in [7, 11) is 0. The van der Waals surface area contributed by atoms with E-state index in [1.807, 2.05) is 0 Å². The van der Waals surface area contributed by atoms with Crippen LogP contribution in [0.4, 0.5) is 4.39 Å². The summed E-state index contributed by atoms with van der Waals surface area (Å²) < 4.78 is 13.7. The number of hydrogen-bond acceptors (Lipinski definition) is 2. The van der Waals surface area contributed by atoms with Crippen LogP contribution in [0.3, 0.4) is 0 Å². The maximum atomic E-state index is 13.7. The molecule has 2 N–H and O–H groups in total. The molecule has 124 valence electrons. The second-order valence-corrected chi connectivity index (χ2v) is 6.36. The molecule has 7 heteroatoms. The predicted molar refractivity (Wildman–Crippen MR) is 91.2 cm³/mol. The summed E-state index contributed by atoms with van der Waals surface area (Å²) in [5.41, 5.74) is 2.08. The summed E-state index contributed by atoms with van der Waals surface area (Å²) in [5.74, 6) is -1.34. The van der Waals surface area contributed by atoms with Crippen molar-refractivity contribution in [1.82, 2.24) is 9.97 Å². The number of aromatic nitrogens is 2. The lowest BCUT2D eigenvalue weighted by atomic mass is 9.92. The van der Waals surface area contributed by atoms with Gasteiger partial charge in [-0.1, -0.05) is 29.3 Å². The molecule has 0 bridgehead atoms. The number of hydrogen-bond donors (Lipinski definition) is 2. The fourth-order valence-corrected chi connectivity index (χ4v) is 2.94. The van der Waals surface area contributed by atoms with Crippen LogP contribution >= 0.6 is 23.2 Å². The van der Waals surface area contributed by atoms with Crippen LogP contribution in [0, 0.1) is 5.82 Å². The molecule has 0 radical (unpaired) electrons. The van der Waals surface area contributed by atoms with Gasteiger partial charge in [-0.15, -0.1) is 0 Å². The van der Waals surface area contributed by atoms with E-state index in [0.29, 0.717) is 22.8 Å². The van der Waals surface area contributed by atoms with Crippen molar-refractivity contribution in [3.8, 4) is 0 Å². The molecule has 1 heterocycles. The SMILES string of the molecule is O=C(O)CC(Cc1nc2ccc(Cl)cc2[nH]1)c1ccc(Cl)c(F)c1. The number of carboxylic acid groups (broad SMARTS) is 1. The van der Waals surface area contributed by atoms with Crippen molar-refractivity contribution in [2.45, 2.75) is 18.8 Å². The largest absolute Gasteiger partial charge is 0.481 e. The first-order valence-corrected chi connectivity index (χ1v) is 7.99. The zero-order valence-electron chi connectivity index (χ0n) is 12.4. The summed E-state index contributed by atoms with van der Waals surface area (Å²) in [6, 6.07) is 9.61. The molecular formula is C17H13Cl2FN2O2. The van der Waals surface area contributed by atoms with Crippen molar-refractivity contribution in [3.63, 3.8) is 0 Å². The molecule has 0 aliphatic carbocycles.